The third kappa shape index (κ3) is 2.16. The molecular formula is C13H16N2O3. The first-order valence-corrected chi connectivity index (χ1v) is 5.80. The van der Waals surface area contributed by atoms with Crippen LogP contribution in [0.1, 0.15) is 12.5 Å². The van der Waals surface area contributed by atoms with Gasteiger partial charge in [0, 0.05) is 6.54 Å². The summed E-state index contributed by atoms with van der Waals surface area (Å²) < 4.78 is 5.26. The molecule has 1 aromatic carbocycles. The second-order valence-electron chi connectivity index (χ2n) is 4.48. The van der Waals surface area contributed by atoms with Crippen molar-refractivity contribution in [2.45, 2.75) is 13.8 Å². The summed E-state index contributed by atoms with van der Waals surface area (Å²) in [6, 6.07) is 5.21. The van der Waals surface area contributed by atoms with Gasteiger partial charge in [0.25, 0.3) is 0 Å². The molecule has 5 nitrogen and oxygen atoms in total. The van der Waals surface area contributed by atoms with Gasteiger partial charge in [0.15, 0.2) is 0 Å². The topological polar surface area (TPSA) is 58.6 Å². The number of benzene rings is 1. The Bertz CT molecular complexity index is 499. The number of carbonyl (C=O) groups excluding carboxylic acids is 2. The smallest absolute Gasteiger partial charge is 0.328 e. The molecular weight excluding hydrogens is 232 g/mol. The van der Waals surface area contributed by atoms with Crippen molar-refractivity contribution in [2.24, 2.45) is 5.92 Å². The highest BCUT2D eigenvalue weighted by Gasteiger charge is 2.31. The van der Waals surface area contributed by atoms with Crippen LogP contribution in [-0.2, 0) is 4.79 Å². The van der Waals surface area contributed by atoms with Crippen molar-refractivity contribution in [3.8, 4) is 5.75 Å². The second-order valence-corrected chi connectivity index (χ2v) is 4.48. The van der Waals surface area contributed by atoms with E-state index in [2.05, 4.69) is 5.32 Å². The summed E-state index contributed by atoms with van der Waals surface area (Å²) in [5, 5.41) is 2.34. The van der Waals surface area contributed by atoms with Gasteiger partial charge < -0.3 is 4.74 Å². The second kappa shape index (κ2) is 4.68. The van der Waals surface area contributed by atoms with E-state index in [0.717, 1.165) is 5.56 Å². The van der Waals surface area contributed by atoms with Crippen LogP contribution in [0.5, 0.6) is 5.75 Å². The van der Waals surface area contributed by atoms with E-state index < -0.39 is 6.03 Å². The minimum atomic E-state index is -0.401. The summed E-state index contributed by atoms with van der Waals surface area (Å²) in [5.41, 5.74) is 1.72. The largest absolute Gasteiger partial charge is 0.495 e. The van der Waals surface area contributed by atoms with Crippen molar-refractivity contribution in [1.82, 2.24) is 5.32 Å². The number of hydrogen-bond donors (Lipinski definition) is 1. The fraction of sp³-hybridized carbons (Fsp3) is 0.385. The van der Waals surface area contributed by atoms with Crippen molar-refractivity contribution in [1.29, 1.82) is 0 Å². The zero-order chi connectivity index (χ0) is 13.3. The zero-order valence-electron chi connectivity index (χ0n) is 10.7. The standard InChI is InChI=1S/C13H16N2O3/c1-8-4-5-11(18-3)10(6-8)15-7-9(2)12(16)14-13(15)17/h4-6,9H,7H2,1-3H3,(H,14,16,17). The summed E-state index contributed by atoms with van der Waals surface area (Å²) in [4.78, 5) is 24.8. The van der Waals surface area contributed by atoms with Gasteiger partial charge in [-0.3, -0.25) is 15.0 Å². The first-order chi connectivity index (χ1) is 8.52. The number of ether oxygens (including phenoxy) is 1. The van der Waals surface area contributed by atoms with Crippen LogP contribution in [0.15, 0.2) is 18.2 Å². The highest BCUT2D eigenvalue weighted by atomic mass is 16.5. The first kappa shape index (κ1) is 12.4. The Kier molecular flexibility index (Phi) is 3.23. The molecule has 1 aromatic rings. The molecule has 0 saturated carbocycles. The Hall–Kier alpha value is -2.04. The number of imide groups is 1. The molecule has 1 N–H and O–H groups in total. The highest BCUT2D eigenvalue weighted by Crippen LogP contribution is 2.31. The fourth-order valence-corrected chi connectivity index (χ4v) is 1.95. The Morgan fingerprint density at radius 2 is 2.11 bits per heavy atom. The maximum atomic E-state index is 11.9. The molecule has 1 aliphatic heterocycles. The molecule has 5 heteroatoms. The van der Waals surface area contributed by atoms with Crippen LogP contribution < -0.4 is 15.0 Å². The van der Waals surface area contributed by atoms with Crippen LogP contribution in [0, 0.1) is 12.8 Å². The van der Waals surface area contributed by atoms with E-state index in [9.17, 15) is 9.59 Å². The van der Waals surface area contributed by atoms with E-state index in [4.69, 9.17) is 4.74 Å². The molecule has 1 fully saturated rings. The molecule has 2 rings (SSSR count). The van der Waals surface area contributed by atoms with Gasteiger partial charge in [0.2, 0.25) is 5.91 Å². The summed E-state index contributed by atoms with van der Waals surface area (Å²) in [6.07, 6.45) is 0. The summed E-state index contributed by atoms with van der Waals surface area (Å²) in [5.74, 6) is 0.160. The van der Waals surface area contributed by atoms with Crippen LogP contribution >= 0.6 is 0 Å². The van der Waals surface area contributed by atoms with Gasteiger partial charge >= 0.3 is 6.03 Å². The molecule has 18 heavy (non-hydrogen) atoms. The Morgan fingerprint density at radius 1 is 1.39 bits per heavy atom. The lowest BCUT2D eigenvalue weighted by Crippen LogP contribution is -2.54. The van der Waals surface area contributed by atoms with E-state index in [1.54, 1.807) is 14.0 Å². The van der Waals surface area contributed by atoms with Gasteiger partial charge in [0.1, 0.15) is 5.75 Å². The van der Waals surface area contributed by atoms with Crippen molar-refractivity contribution in [3.05, 3.63) is 23.8 Å². The maximum Gasteiger partial charge on any atom is 0.328 e. The molecule has 1 saturated heterocycles. The summed E-state index contributed by atoms with van der Waals surface area (Å²) in [7, 11) is 1.56. The predicted molar refractivity (Wildman–Crippen MR) is 67.8 cm³/mol. The number of carbonyl (C=O) groups is 2. The quantitative estimate of drug-likeness (QED) is 0.866. The van der Waals surface area contributed by atoms with E-state index in [0.29, 0.717) is 18.0 Å². The van der Waals surface area contributed by atoms with Gasteiger partial charge in [0.05, 0.1) is 18.7 Å². The number of amides is 3. The molecule has 1 heterocycles. The lowest BCUT2D eigenvalue weighted by molar-refractivity contribution is -0.123. The number of rotatable bonds is 2. The molecule has 0 bridgehead atoms. The predicted octanol–water partition coefficient (Wildman–Crippen LogP) is 1.70. The first-order valence-electron chi connectivity index (χ1n) is 5.80. The molecule has 0 aliphatic carbocycles. The minimum absolute atomic E-state index is 0.229. The Balaban J connectivity index is 2.38. The van der Waals surface area contributed by atoms with Crippen LogP contribution in [0.3, 0.4) is 0 Å². The number of urea groups is 1. The van der Waals surface area contributed by atoms with Crippen molar-refractivity contribution >= 4 is 17.6 Å². The number of anilines is 1. The average molecular weight is 248 g/mol. The lowest BCUT2D eigenvalue weighted by atomic mass is 10.1. The number of methoxy groups -OCH3 is 1. The zero-order valence-corrected chi connectivity index (χ0v) is 10.7. The van der Waals surface area contributed by atoms with E-state index in [1.807, 2.05) is 25.1 Å². The van der Waals surface area contributed by atoms with Crippen molar-refractivity contribution in [2.75, 3.05) is 18.6 Å². The lowest BCUT2D eigenvalue weighted by Gasteiger charge is -2.31. The third-order valence-corrected chi connectivity index (χ3v) is 3.00. The highest BCUT2D eigenvalue weighted by molar-refractivity contribution is 6.07. The number of nitrogens with one attached hydrogen (secondary N) is 1. The van der Waals surface area contributed by atoms with E-state index >= 15 is 0 Å². The van der Waals surface area contributed by atoms with E-state index in [-0.39, 0.29) is 11.8 Å². The molecule has 1 unspecified atom stereocenters. The number of hydrogen-bond acceptors (Lipinski definition) is 3. The summed E-state index contributed by atoms with van der Waals surface area (Å²) >= 11 is 0. The molecule has 0 radical (unpaired) electrons. The molecule has 96 valence electrons. The van der Waals surface area contributed by atoms with Gasteiger partial charge in [-0.25, -0.2) is 4.79 Å². The molecule has 0 spiro atoms. The fourth-order valence-electron chi connectivity index (χ4n) is 1.95. The number of aryl methyl sites for hydroxylation is 1. The van der Waals surface area contributed by atoms with Crippen LogP contribution in [0.2, 0.25) is 0 Å². The average Bonchev–Trinajstić information content (AvgIpc) is 2.34. The van der Waals surface area contributed by atoms with Gasteiger partial charge in [-0.2, -0.15) is 0 Å². The molecule has 3 amide bonds. The summed E-state index contributed by atoms with van der Waals surface area (Å²) in [6.45, 7) is 4.10. The van der Waals surface area contributed by atoms with Crippen molar-refractivity contribution in [3.63, 3.8) is 0 Å². The van der Waals surface area contributed by atoms with Gasteiger partial charge in [-0.15, -0.1) is 0 Å². The van der Waals surface area contributed by atoms with Crippen LogP contribution in [0.4, 0.5) is 10.5 Å². The van der Waals surface area contributed by atoms with Crippen LogP contribution in [-0.4, -0.2) is 25.6 Å². The van der Waals surface area contributed by atoms with Crippen molar-refractivity contribution < 1.29 is 14.3 Å². The normalized spacial score (nSPS) is 19.7. The Morgan fingerprint density at radius 3 is 2.78 bits per heavy atom. The molecule has 0 aromatic heterocycles. The van der Waals surface area contributed by atoms with Gasteiger partial charge in [-0.1, -0.05) is 13.0 Å². The third-order valence-electron chi connectivity index (χ3n) is 3.00. The van der Waals surface area contributed by atoms with Gasteiger partial charge in [-0.05, 0) is 24.6 Å². The monoisotopic (exact) mass is 248 g/mol. The SMILES string of the molecule is COc1ccc(C)cc1N1CC(C)C(=O)NC1=O. The molecule has 1 aliphatic rings. The molecule has 1 atom stereocenters. The van der Waals surface area contributed by atoms with Crippen LogP contribution in [0.25, 0.3) is 0 Å². The minimum Gasteiger partial charge on any atom is -0.495 e. The van der Waals surface area contributed by atoms with E-state index in [1.165, 1.54) is 4.90 Å². The maximum absolute atomic E-state index is 11.9. The number of nitrogens with zero attached hydrogens (tertiary/aromatic N) is 1. The Labute approximate surface area is 106 Å².